The molecule has 1 N–H and O–H groups in total. The lowest BCUT2D eigenvalue weighted by atomic mass is 10.1. The Labute approximate surface area is 161 Å². The monoisotopic (exact) mass is 380 g/mol. The largest absolute Gasteiger partial charge is 0.493 e. The molecule has 0 aliphatic carbocycles. The molecule has 0 saturated heterocycles. The molecule has 2 aliphatic rings. The van der Waals surface area contributed by atoms with Gasteiger partial charge in [0.25, 0.3) is 5.91 Å². The van der Waals surface area contributed by atoms with Crippen LogP contribution in [0.25, 0.3) is 5.70 Å². The molecule has 0 fully saturated rings. The second kappa shape index (κ2) is 7.44. The first-order valence-corrected chi connectivity index (χ1v) is 9.92. The average Bonchev–Trinajstić information content (AvgIpc) is 2.68. The molecule has 2 heterocycles. The minimum Gasteiger partial charge on any atom is -0.493 e. The van der Waals surface area contributed by atoms with Gasteiger partial charge in [0.15, 0.2) is 11.3 Å². The number of benzene rings is 2. The van der Waals surface area contributed by atoms with Gasteiger partial charge in [-0.3, -0.25) is 15.1 Å². The first-order valence-electron chi connectivity index (χ1n) is 8.93. The van der Waals surface area contributed by atoms with Gasteiger partial charge in [0.2, 0.25) is 0 Å². The summed E-state index contributed by atoms with van der Waals surface area (Å²) in [5.74, 6) is 1.40. The summed E-state index contributed by atoms with van der Waals surface area (Å²) in [6.45, 7) is 4.53. The number of carbonyl (C=O) groups excluding carboxylic acids is 1. The van der Waals surface area contributed by atoms with Gasteiger partial charge < -0.3 is 4.74 Å². The summed E-state index contributed by atoms with van der Waals surface area (Å²) in [7, 11) is 0. The second-order valence-electron chi connectivity index (χ2n) is 5.98. The molecule has 4 rings (SSSR count). The summed E-state index contributed by atoms with van der Waals surface area (Å²) in [5.41, 5.74) is 1.39. The molecule has 0 saturated carbocycles. The van der Waals surface area contributed by atoms with Crippen molar-refractivity contribution in [3.8, 4) is 5.75 Å². The third-order valence-corrected chi connectivity index (χ3v) is 5.04. The fourth-order valence-electron chi connectivity index (χ4n) is 3.21. The summed E-state index contributed by atoms with van der Waals surface area (Å²) in [4.78, 5) is 17.8. The molecule has 138 valence electrons. The van der Waals surface area contributed by atoms with Crippen LogP contribution in [0.4, 0.5) is 0 Å². The first-order chi connectivity index (χ1) is 13.2. The molecule has 0 aromatic heterocycles. The van der Waals surface area contributed by atoms with E-state index in [-0.39, 0.29) is 5.91 Å². The predicted molar refractivity (Wildman–Crippen MR) is 107 cm³/mol. The fraction of sp³-hybridized carbons (Fsp3) is 0.250. The second-order valence-corrected chi connectivity index (χ2v) is 7.23. The fourth-order valence-corrected chi connectivity index (χ4v) is 3.80. The van der Waals surface area contributed by atoms with Gasteiger partial charge in [-0.15, -0.1) is 5.10 Å². The zero-order valence-corrected chi connectivity index (χ0v) is 16.0. The van der Waals surface area contributed by atoms with Gasteiger partial charge in [-0.25, -0.2) is 5.01 Å². The summed E-state index contributed by atoms with van der Waals surface area (Å²) in [6, 6.07) is 15.4. The molecular weight excluding hydrogens is 360 g/mol. The number of ether oxygens (including phenoxy) is 1. The summed E-state index contributed by atoms with van der Waals surface area (Å²) >= 11 is 1.49. The number of nitrogens with one attached hydrogen (secondary N) is 1. The molecule has 1 atom stereocenters. The van der Waals surface area contributed by atoms with Crippen LogP contribution in [0.3, 0.4) is 0 Å². The Bertz CT molecular complexity index is 1030. The van der Waals surface area contributed by atoms with Crippen LogP contribution in [0.2, 0.25) is 0 Å². The lowest BCUT2D eigenvalue weighted by Gasteiger charge is -2.34. The van der Waals surface area contributed by atoms with Crippen molar-refractivity contribution >= 4 is 28.5 Å². The average molecular weight is 380 g/mol. The van der Waals surface area contributed by atoms with E-state index in [2.05, 4.69) is 5.32 Å². The van der Waals surface area contributed by atoms with Gasteiger partial charge in [0.05, 0.1) is 12.0 Å². The van der Waals surface area contributed by atoms with E-state index in [0.29, 0.717) is 17.5 Å². The highest BCUT2D eigenvalue weighted by Crippen LogP contribution is 2.35. The number of para-hydroxylation sites is 2. The maximum Gasteiger partial charge on any atom is 0.276 e. The van der Waals surface area contributed by atoms with Crippen LogP contribution >= 0.6 is 11.8 Å². The van der Waals surface area contributed by atoms with Crippen LogP contribution in [0.1, 0.15) is 25.6 Å². The van der Waals surface area contributed by atoms with E-state index in [1.165, 1.54) is 11.8 Å². The lowest BCUT2D eigenvalue weighted by molar-refractivity contribution is -0.116. The van der Waals surface area contributed by atoms with E-state index >= 15 is 0 Å². The Morgan fingerprint density at radius 3 is 2.74 bits per heavy atom. The van der Waals surface area contributed by atoms with Gasteiger partial charge >= 0.3 is 0 Å². The molecule has 27 heavy (non-hydrogen) atoms. The Balaban J connectivity index is 1.94. The number of amides is 1. The third-order valence-electron chi connectivity index (χ3n) is 4.29. The van der Waals surface area contributed by atoms with Crippen molar-refractivity contribution in [1.82, 2.24) is 10.3 Å². The number of hydrogen-bond donors (Lipinski definition) is 1. The molecule has 1 amide bonds. The minimum atomic E-state index is -0.462. The zero-order valence-electron chi connectivity index (χ0n) is 15.2. The van der Waals surface area contributed by atoms with E-state index in [1.807, 2.05) is 62.4 Å². The van der Waals surface area contributed by atoms with E-state index in [0.717, 1.165) is 27.6 Å². The van der Waals surface area contributed by atoms with E-state index in [9.17, 15) is 4.79 Å². The molecule has 2 aromatic carbocycles. The van der Waals surface area contributed by atoms with Crippen LogP contribution in [0.5, 0.6) is 5.75 Å². The van der Waals surface area contributed by atoms with Gasteiger partial charge in [-0.2, -0.15) is 0 Å². The SMILES string of the molecule is CCOc1ccccc1C1N=c2ccccc2=C2C(=O)NC(SCC)=NN21. The van der Waals surface area contributed by atoms with Crippen LogP contribution < -0.4 is 20.6 Å². The number of carbonyl (C=O) groups is 1. The summed E-state index contributed by atoms with van der Waals surface area (Å²) in [6.07, 6.45) is -0.462. The number of hydrazone groups is 1. The van der Waals surface area contributed by atoms with E-state index in [4.69, 9.17) is 14.8 Å². The summed E-state index contributed by atoms with van der Waals surface area (Å²) < 4.78 is 5.81. The highest BCUT2D eigenvalue weighted by atomic mass is 32.2. The van der Waals surface area contributed by atoms with Crippen molar-refractivity contribution < 1.29 is 9.53 Å². The Kier molecular flexibility index (Phi) is 4.85. The zero-order chi connectivity index (χ0) is 18.8. The minimum absolute atomic E-state index is 0.165. The Morgan fingerprint density at radius 2 is 1.93 bits per heavy atom. The van der Waals surface area contributed by atoms with Crippen molar-refractivity contribution in [3.05, 3.63) is 64.7 Å². The lowest BCUT2D eigenvalue weighted by Crippen LogP contribution is -2.50. The molecule has 2 aliphatic heterocycles. The molecule has 0 radical (unpaired) electrons. The Morgan fingerprint density at radius 1 is 1.15 bits per heavy atom. The normalized spacial score (nSPS) is 18.1. The van der Waals surface area contributed by atoms with Crippen molar-refractivity contribution in [3.63, 3.8) is 0 Å². The maximum absolute atomic E-state index is 12.9. The quantitative estimate of drug-likeness (QED) is 0.881. The van der Waals surface area contributed by atoms with Crippen LogP contribution in [0.15, 0.2) is 58.6 Å². The molecule has 6 nitrogen and oxygen atoms in total. The number of thioether (sulfide) groups is 1. The van der Waals surface area contributed by atoms with Gasteiger partial charge in [-0.05, 0) is 24.8 Å². The van der Waals surface area contributed by atoms with Crippen molar-refractivity contribution in [1.29, 1.82) is 0 Å². The van der Waals surface area contributed by atoms with Gasteiger partial charge in [0.1, 0.15) is 11.4 Å². The van der Waals surface area contributed by atoms with E-state index in [1.54, 1.807) is 5.01 Å². The number of amidine groups is 1. The number of rotatable bonds is 4. The standard InChI is InChI=1S/C20H20N4O2S/c1-3-26-16-12-8-6-10-14(16)18-21-15-11-7-5-9-13(15)17-19(25)22-20(27-4-2)23-24(17)18/h5-12,18H,3-4H2,1-2H3,(H,22,23,25). The number of nitrogens with zero attached hydrogens (tertiary/aromatic N) is 3. The van der Waals surface area contributed by atoms with Crippen molar-refractivity contribution in [2.24, 2.45) is 10.1 Å². The molecule has 0 bridgehead atoms. The molecule has 0 spiro atoms. The van der Waals surface area contributed by atoms with Gasteiger partial charge in [-0.1, -0.05) is 55.1 Å². The molecule has 7 heteroatoms. The topological polar surface area (TPSA) is 66.3 Å². The molecule has 1 unspecified atom stereocenters. The third kappa shape index (κ3) is 3.19. The van der Waals surface area contributed by atoms with Gasteiger partial charge in [0, 0.05) is 10.8 Å². The molecule has 2 aromatic rings. The maximum atomic E-state index is 12.9. The van der Waals surface area contributed by atoms with Crippen LogP contribution in [-0.2, 0) is 4.79 Å². The molecular formula is C20H20N4O2S. The summed E-state index contributed by atoms with van der Waals surface area (Å²) in [5, 5.41) is 11.4. The Hall–Kier alpha value is -2.80. The van der Waals surface area contributed by atoms with Crippen LogP contribution in [-0.4, -0.2) is 28.4 Å². The highest BCUT2D eigenvalue weighted by molar-refractivity contribution is 8.13. The smallest absolute Gasteiger partial charge is 0.276 e. The van der Waals surface area contributed by atoms with Crippen molar-refractivity contribution in [2.45, 2.75) is 20.0 Å². The number of hydrogen-bond acceptors (Lipinski definition) is 6. The predicted octanol–water partition coefficient (Wildman–Crippen LogP) is 1.98. The van der Waals surface area contributed by atoms with E-state index < -0.39 is 6.17 Å². The number of fused-ring (bicyclic) bond motifs is 2. The van der Waals surface area contributed by atoms with Crippen LogP contribution in [0, 0.1) is 0 Å². The highest BCUT2D eigenvalue weighted by Gasteiger charge is 2.35. The van der Waals surface area contributed by atoms with Crippen molar-refractivity contribution in [2.75, 3.05) is 12.4 Å². The first kappa shape index (κ1) is 17.6.